The molecule has 0 aliphatic carbocycles. The predicted molar refractivity (Wildman–Crippen MR) is 108 cm³/mol. The van der Waals surface area contributed by atoms with Crippen LogP contribution in [0.2, 0.25) is 0 Å². The average Bonchev–Trinajstić information content (AvgIpc) is 2.73. The Morgan fingerprint density at radius 3 is 2.31 bits per heavy atom. The molecule has 3 aromatic rings. The lowest BCUT2D eigenvalue weighted by atomic mass is 10.0. The van der Waals surface area contributed by atoms with Gasteiger partial charge in [-0.2, -0.15) is 0 Å². The molecule has 7 heteroatoms. The molecule has 0 radical (unpaired) electrons. The topological polar surface area (TPSA) is 110 Å². The van der Waals surface area contributed by atoms with Crippen LogP contribution in [0.15, 0.2) is 72.8 Å². The molecule has 29 heavy (non-hydrogen) atoms. The van der Waals surface area contributed by atoms with Crippen LogP contribution in [0.1, 0.15) is 31.8 Å². The molecule has 146 valence electrons. The molecule has 3 rings (SSSR count). The van der Waals surface area contributed by atoms with E-state index in [0.717, 1.165) is 23.6 Å². The van der Waals surface area contributed by atoms with Crippen LogP contribution >= 0.6 is 0 Å². The smallest absolute Gasteiger partial charge is 0.337 e. The zero-order chi connectivity index (χ0) is 20.8. The Kier molecular flexibility index (Phi) is 5.99. The third-order valence-electron chi connectivity index (χ3n) is 4.43. The zero-order valence-electron chi connectivity index (χ0n) is 15.4. The Morgan fingerprint density at radius 1 is 0.897 bits per heavy atom. The van der Waals surface area contributed by atoms with E-state index < -0.39 is 16.8 Å². The number of hydrogen-bond acceptors (Lipinski definition) is 4. The molecule has 0 saturated carbocycles. The van der Waals surface area contributed by atoms with Gasteiger partial charge >= 0.3 is 5.97 Å². The number of amides is 1. The lowest BCUT2D eigenvalue weighted by Gasteiger charge is -2.11. The first-order valence-electron chi connectivity index (χ1n) is 8.90. The molecule has 0 bridgehead atoms. The number of nitro groups is 1. The first-order valence-corrected chi connectivity index (χ1v) is 8.90. The van der Waals surface area contributed by atoms with Crippen molar-refractivity contribution in [2.45, 2.75) is 12.8 Å². The van der Waals surface area contributed by atoms with Gasteiger partial charge in [0, 0.05) is 17.7 Å². The summed E-state index contributed by atoms with van der Waals surface area (Å²) in [5.41, 5.74) is 1.98. The average molecular weight is 390 g/mol. The van der Waals surface area contributed by atoms with E-state index in [0.29, 0.717) is 6.42 Å². The number of benzene rings is 3. The Balaban J connectivity index is 1.82. The normalized spacial score (nSPS) is 10.3. The van der Waals surface area contributed by atoms with Gasteiger partial charge in [-0.25, -0.2) is 4.79 Å². The number of carboxylic acid groups (broad SMARTS) is 1. The van der Waals surface area contributed by atoms with Gasteiger partial charge in [-0.15, -0.1) is 0 Å². The van der Waals surface area contributed by atoms with Gasteiger partial charge in [-0.3, -0.25) is 14.9 Å². The number of nitrogens with zero attached hydrogens (tertiary/aromatic N) is 1. The number of carboxylic acids is 1. The highest BCUT2D eigenvalue weighted by Crippen LogP contribution is 2.21. The maximum absolute atomic E-state index is 12.5. The summed E-state index contributed by atoms with van der Waals surface area (Å²) in [6.45, 7) is 0. The van der Waals surface area contributed by atoms with Crippen molar-refractivity contribution in [2.75, 3.05) is 5.32 Å². The summed E-state index contributed by atoms with van der Waals surface area (Å²) in [4.78, 5) is 34.4. The van der Waals surface area contributed by atoms with Crippen LogP contribution in [0.3, 0.4) is 0 Å². The fourth-order valence-corrected chi connectivity index (χ4v) is 2.93. The van der Waals surface area contributed by atoms with E-state index in [2.05, 4.69) is 5.32 Å². The van der Waals surface area contributed by atoms with E-state index in [9.17, 15) is 24.8 Å². The van der Waals surface area contributed by atoms with Crippen LogP contribution < -0.4 is 5.32 Å². The van der Waals surface area contributed by atoms with Crippen LogP contribution in [-0.4, -0.2) is 21.9 Å². The Hall–Kier alpha value is -4.00. The molecule has 7 nitrogen and oxygen atoms in total. The molecule has 0 heterocycles. The van der Waals surface area contributed by atoms with Crippen molar-refractivity contribution in [1.82, 2.24) is 0 Å². The van der Waals surface area contributed by atoms with E-state index >= 15 is 0 Å². The summed E-state index contributed by atoms with van der Waals surface area (Å²) >= 11 is 0. The van der Waals surface area contributed by atoms with Gasteiger partial charge in [0.25, 0.3) is 11.6 Å². The molecule has 0 aromatic heterocycles. The van der Waals surface area contributed by atoms with Crippen LogP contribution in [0, 0.1) is 10.1 Å². The minimum atomic E-state index is -1.17. The van der Waals surface area contributed by atoms with E-state index in [-0.39, 0.29) is 22.5 Å². The van der Waals surface area contributed by atoms with Gasteiger partial charge in [-0.1, -0.05) is 42.5 Å². The molecule has 2 N–H and O–H groups in total. The van der Waals surface area contributed by atoms with Crippen molar-refractivity contribution in [3.63, 3.8) is 0 Å². The van der Waals surface area contributed by atoms with Gasteiger partial charge in [0.15, 0.2) is 0 Å². The third kappa shape index (κ3) is 5.04. The fourth-order valence-electron chi connectivity index (χ4n) is 2.93. The van der Waals surface area contributed by atoms with Gasteiger partial charge in [0.2, 0.25) is 0 Å². The van der Waals surface area contributed by atoms with Crippen LogP contribution in [-0.2, 0) is 12.8 Å². The highest BCUT2D eigenvalue weighted by atomic mass is 16.6. The zero-order valence-corrected chi connectivity index (χ0v) is 15.4. The van der Waals surface area contributed by atoms with Crippen LogP contribution in [0.25, 0.3) is 0 Å². The molecule has 0 spiro atoms. The molecule has 0 fully saturated rings. The summed E-state index contributed by atoms with van der Waals surface area (Å²) < 4.78 is 0. The number of carbonyl (C=O) groups is 2. The number of hydrogen-bond donors (Lipinski definition) is 2. The SMILES string of the molecule is O=C(Nc1cc(CCc2ccccc2)ccc1C(=O)O)c1cccc([N+](=O)[O-])c1. The predicted octanol–water partition coefficient (Wildman–Crippen LogP) is 4.33. The Morgan fingerprint density at radius 2 is 1.62 bits per heavy atom. The molecule has 0 unspecified atom stereocenters. The quantitative estimate of drug-likeness (QED) is 0.461. The number of rotatable bonds is 7. The maximum Gasteiger partial charge on any atom is 0.337 e. The summed E-state index contributed by atoms with van der Waals surface area (Å²) in [6, 6.07) is 19.9. The summed E-state index contributed by atoms with van der Waals surface area (Å²) in [6.07, 6.45) is 1.44. The van der Waals surface area contributed by atoms with E-state index in [1.807, 2.05) is 30.3 Å². The molecule has 0 atom stereocenters. The fraction of sp³-hybridized carbons (Fsp3) is 0.0909. The van der Waals surface area contributed by atoms with Crippen molar-refractivity contribution in [1.29, 1.82) is 0 Å². The number of aryl methyl sites for hydroxylation is 2. The van der Waals surface area contributed by atoms with Gasteiger partial charge in [0.05, 0.1) is 16.2 Å². The van der Waals surface area contributed by atoms with Crippen molar-refractivity contribution in [2.24, 2.45) is 0 Å². The Bertz CT molecular complexity index is 1060. The summed E-state index contributed by atoms with van der Waals surface area (Å²) in [5.74, 6) is -1.79. The van der Waals surface area contributed by atoms with Crippen LogP contribution in [0.5, 0.6) is 0 Å². The highest BCUT2D eigenvalue weighted by molar-refractivity contribution is 6.08. The van der Waals surface area contributed by atoms with Crippen molar-refractivity contribution < 1.29 is 19.6 Å². The number of nitrogens with one attached hydrogen (secondary N) is 1. The number of carbonyl (C=O) groups excluding carboxylic acids is 1. The third-order valence-corrected chi connectivity index (χ3v) is 4.43. The van der Waals surface area contributed by atoms with E-state index in [1.165, 1.54) is 24.3 Å². The van der Waals surface area contributed by atoms with Crippen molar-refractivity contribution >= 4 is 23.3 Å². The second-order valence-corrected chi connectivity index (χ2v) is 6.43. The van der Waals surface area contributed by atoms with Crippen LogP contribution in [0.4, 0.5) is 11.4 Å². The summed E-state index contributed by atoms with van der Waals surface area (Å²) in [5, 5.41) is 22.9. The van der Waals surface area contributed by atoms with E-state index in [4.69, 9.17) is 0 Å². The number of aromatic carboxylic acids is 1. The molecular weight excluding hydrogens is 372 g/mol. The standard InChI is InChI=1S/C22H18N2O5/c25-21(17-7-4-8-18(14-17)24(28)29)23-20-13-16(11-12-19(20)22(26)27)10-9-15-5-2-1-3-6-15/h1-8,11-14H,9-10H2,(H,23,25)(H,26,27). The van der Waals surface area contributed by atoms with Crippen molar-refractivity contribution in [3.05, 3.63) is 105 Å². The molecule has 3 aromatic carbocycles. The lowest BCUT2D eigenvalue weighted by Crippen LogP contribution is -2.15. The summed E-state index contributed by atoms with van der Waals surface area (Å²) in [7, 11) is 0. The highest BCUT2D eigenvalue weighted by Gasteiger charge is 2.16. The first kappa shape index (κ1) is 19.8. The molecular formula is C22H18N2O5. The minimum absolute atomic E-state index is 0.0489. The molecule has 0 aliphatic heterocycles. The molecule has 0 saturated heterocycles. The van der Waals surface area contributed by atoms with Gasteiger partial charge < -0.3 is 10.4 Å². The number of non-ortho nitro benzene ring substituents is 1. The maximum atomic E-state index is 12.5. The van der Waals surface area contributed by atoms with Crippen molar-refractivity contribution in [3.8, 4) is 0 Å². The lowest BCUT2D eigenvalue weighted by molar-refractivity contribution is -0.384. The second kappa shape index (κ2) is 8.79. The number of nitro benzene ring substituents is 1. The molecule has 0 aliphatic rings. The van der Waals surface area contributed by atoms with Gasteiger partial charge in [0.1, 0.15) is 0 Å². The second-order valence-electron chi connectivity index (χ2n) is 6.43. The van der Waals surface area contributed by atoms with Gasteiger partial charge in [-0.05, 0) is 42.2 Å². The number of anilines is 1. The molecule has 1 amide bonds. The monoisotopic (exact) mass is 390 g/mol. The Labute approximate surface area is 166 Å². The first-order chi connectivity index (χ1) is 13.9. The van der Waals surface area contributed by atoms with E-state index in [1.54, 1.807) is 12.1 Å². The minimum Gasteiger partial charge on any atom is -0.478 e. The largest absolute Gasteiger partial charge is 0.478 e.